The van der Waals surface area contributed by atoms with Gasteiger partial charge in [0.1, 0.15) is 0 Å². The van der Waals surface area contributed by atoms with Crippen molar-refractivity contribution < 1.29 is 14.4 Å². The monoisotopic (exact) mass is 399 g/mol. The lowest BCUT2D eigenvalue weighted by Crippen LogP contribution is -2.28. The van der Waals surface area contributed by atoms with Gasteiger partial charge in [0, 0.05) is 31.3 Å². The van der Waals surface area contributed by atoms with E-state index in [1.54, 1.807) is 29.2 Å². The fourth-order valence-corrected chi connectivity index (χ4v) is 3.86. The maximum absolute atomic E-state index is 12.6. The molecule has 2 aromatic rings. The molecule has 0 bridgehead atoms. The molecule has 6 nitrogen and oxygen atoms in total. The van der Waals surface area contributed by atoms with Crippen molar-refractivity contribution >= 4 is 46.4 Å². The van der Waals surface area contributed by atoms with Crippen LogP contribution in [-0.2, 0) is 14.4 Å². The number of nitrogens with zero attached hydrogens (tertiary/aromatic N) is 1. The molecule has 1 unspecified atom stereocenters. The number of nitrogens with one attached hydrogen (secondary N) is 2. The first-order chi connectivity index (χ1) is 13.2. The molecule has 0 aliphatic carbocycles. The molecule has 0 spiro atoms. The molecule has 2 N–H and O–H groups in total. The summed E-state index contributed by atoms with van der Waals surface area (Å²) < 4.78 is 0. The summed E-state index contributed by atoms with van der Waals surface area (Å²) in [6.07, 6.45) is 0.138. The van der Waals surface area contributed by atoms with Crippen molar-refractivity contribution in [3.63, 3.8) is 0 Å². The van der Waals surface area contributed by atoms with Crippen LogP contribution in [0, 0.1) is 19.8 Å². The molecular weight excluding hydrogens is 378 g/mol. The number of hydrogen-bond acceptors (Lipinski definition) is 3. The van der Waals surface area contributed by atoms with Gasteiger partial charge in [0.05, 0.1) is 16.6 Å². The van der Waals surface area contributed by atoms with Crippen LogP contribution >= 0.6 is 11.6 Å². The van der Waals surface area contributed by atoms with Gasteiger partial charge in [-0.2, -0.15) is 0 Å². The van der Waals surface area contributed by atoms with Crippen molar-refractivity contribution in [2.24, 2.45) is 5.92 Å². The first-order valence-corrected chi connectivity index (χ1v) is 9.38. The van der Waals surface area contributed by atoms with Crippen LogP contribution in [0.15, 0.2) is 36.4 Å². The number of carbonyl (C=O) groups excluding carboxylic acids is 3. The second-order valence-electron chi connectivity index (χ2n) is 7.07. The molecule has 1 atom stereocenters. The molecule has 1 saturated heterocycles. The number of rotatable bonds is 4. The van der Waals surface area contributed by atoms with Crippen molar-refractivity contribution in [1.82, 2.24) is 0 Å². The lowest BCUT2D eigenvalue weighted by atomic mass is 10.1. The summed E-state index contributed by atoms with van der Waals surface area (Å²) in [7, 11) is 0. The Labute approximate surface area is 168 Å². The van der Waals surface area contributed by atoms with E-state index in [-0.39, 0.29) is 30.7 Å². The highest BCUT2D eigenvalue weighted by Crippen LogP contribution is 2.35. The Kier molecular flexibility index (Phi) is 5.70. The predicted molar refractivity (Wildman–Crippen MR) is 111 cm³/mol. The minimum atomic E-state index is -0.459. The number of benzene rings is 2. The Bertz CT molecular complexity index is 917. The fourth-order valence-electron chi connectivity index (χ4n) is 3.43. The van der Waals surface area contributed by atoms with E-state index in [1.807, 2.05) is 26.0 Å². The molecule has 146 valence electrons. The SMILES string of the molecule is CC(=O)Nc1ccc(NC(=O)C2CC(=O)N(c3c(C)cc(C)cc3Cl)C2)cc1. The summed E-state index contributed by atoms with van der Waals surface area (Å²) >= 11 is 6.36. The third-order valence-corrected chi connectivity index (χ3v) is 4.92. The second-order valence-corrected chi connectivity index (χ2v) is 7.47. The highest BCUT2D eigenvalue weighted by Gasteiger charge is 2.36. The van der Waals surface area contributed by atoms with Gasteiger partial charge < -0.3 is 15.5 Å². The quantitative estimate of drug-likeness (QED) is 0.818. The molecule has 1 aliphatic rings. The van der Waals surface area contributed by atoms with Crippen LogP contribution in [0.5, 0.6) is 0 Å². The van der Waals surface area contributed by atoms with Crippen molar-refractivity contribution in [2.45, 2.75) is 27.2 Å². The summed E-state index contributed by atoms with van der Waals surface area (Å²) in [6.45, 7) is 5.58. The summed E-state index contributed by atoms with van der Waals surface area (Å²) in [5.74, 6) is -0.954. The van der Waals surface area contributed by atoms with Crippen LogP contribution in [0.1, 0.15) is 24.5 Å². The third-order valence-electron chi connectivity index (χ3n) is 4.64. The van der Waals surface area contributed by atoms with E-state index in [2.05, 4.69) is 10.6 Å². The van der Waals surface area contributed by atoms with Crippen molar-refractivity contribution in [2.75, 3.05) is 22.1 Å². The first kappa shape index (κ1) is 19.9. The van der Waals surface area contributed by atoms with Gasteiger partial charge in [-0.25, -0.2) is 0 Å². The van der Waals surface area contributed by atoms with E-state index in [0.717, 1.165) is 11.1 Å². The smallest absolute Gasteiger partial charge is 0.229 e. The Balaban J connectivity index is 1.70. The maximum Gasteiger partial charge on any atom is 0.229 e. The molecule has 0 radical (unpaired) electrons. The van der Waals surface area contributed by atoms with E-state index in [9.17, 15) is 14.4 Å². The van der Waals surface area contributed by atoms with Crippen LogP contribution in [0.2, 0.25) is 5.02 Å². The van der Waals surface area contributed by atoms with Gasteiger partial charge in [0.15, 0.2) is 0 Å². The van der Waals surface area contributed by atoms with Gasteiger partial charge in [0.2, 0.25) is 17.7 Å². The highest BCUT2D eigenvalue weighted by atomic mass is 35.5. The molecule has 1 fully saturated rings. The Hall–Kier alpha value is -2.86. The lowest BCUT2D eigenvalue weighted by molar-refractivity contribution is -0.122. The maximum atomic E-state index is 12.6. The zero-order chi connectivity index (χ0) is 20.4. The van der Waals surface area contributed by atoms with Crippen LogP contribution in [0.25, 0.3) is 0 Å². The summed E-state index contributed by atoms with van der Waals surface area (Å²) in [6, 6.07) is 10.6. The van der Waals surface area contributed by atoms with Crippen molar-refractivity contribution in [3.8, 4) is 0 Å². The van der Waals surface area contributed by atoms with Gasteiger partial charge in [-0.15, -0.1) is 0 Å². The van der Waals surface area contributed by atoms with E-state index < -0.39 is 5.92 Å². The number of hydrogen-bond donors (Lipinski definition) is 2. The summed E-state index contributed by atoms with van der Waals surface area (Å²) in [4.78, 5) is 37.8. The van der Waals surface area contributed by atoms with Crippen molar-refractivity contribution in [3.05, 3.63) is 52.5 Å². The Morgan fingerprint density at radius 1 is 1.07 bits per heavy atom. The molecule has 1 heterocycles. The molecule has 3 rings (SSSR count). The normalized spacial score (nSPS) is 16.2. The van der Waals surface area contributed by atoms with Gasteiger partial charge in [0.25, 0.3) is 0 Å². The van der Waals surface area contributed by atoms with Crippen LogP contribution < -0.4 is 15.5 Å². The largest absolute Gasteiger partial charge is 0.326 e. The first-order valence-electron chi connectivity index (χ1n) is 9.00. The predicted octanol–water partition coefficient (Wildman–Crippen LogP) is 3.91. The van der Waals surface area contributed by atoms with Gasteiger partial charge in [-0.1, -0.05) is 17.7 Å². The molecule has 0 aromatic heterocycles. The fraction of sp³-hybridized carbons (Fsp3) is 0.286. The minimum absolute atomic E-state index is 0.116. The van der Waals surface area contributed by atoms with E-state index in [1.165, 1.54) is 6.92 Å². The van der Waals surface area contributed by atoms with Gasteiger partial charge >= 0.3 is 0 Å². The lowest BCUT2D eigenvalue weighted by Gasteiger charge is -2.21. The molecule has 28 heavy (non-hydrogen) atoms. The number of anilines is 3. The van der Waals surface area contributed by atoms with Gasteiger partial charge in [-0.3, -0.25) is 14.4 Å². The standard InChI is InChI=1S/C21H22ClN3O3/c1-12-8-13(2)20(18(22)9-12)25-11-15(10-19(25)27)21(28)24-17-6-4-16(5-7-17)23-14(3)26/h4-9,15H,10-11H2,1-3H3,(H,23,26)(H,24,28). The summed E-state index contributed by atoms with van der Waals surface area (Å²) in [5.41, 5.74) is 3.86. The molecule has 0 saturated carbocycles. The Morgan fingerprint density at radius 2 is 1.68 bits per heavy atom. The molecule has 1 aliphatic heterocycles. The highest BCUT2D eigenvalue weighted by molar-refractivity contribution is 6.34. The van der Waals surface area contributed by atoms with E-state index in [0.29, 0.717) is 22.1 Å². The van der Waals surface area contributed by atoms with Crippen LogP contribution in [-0.4, -0.2) is 24.3 Å². The topological polar surface area (TPSA) is 78.5 Å². The average molecular weight is 400 g/mol. The minimum Gasteiger partial charge on any atom is -0.326 e. The average Bonchev–Trinajstić information content (AvgIpc) is 2.97. The molecular formula is C21H22ClN3O3. The zero-order valence-electron chi connectivity index (χ0n) is 16.0. The van der Waals surface area contributed by atoms with Crippen molar-refractivity contribution in [1.29, 1.82) is 0 Å². The molecule has 2 aromatic carbocycles. The zero-order valence-corrected chi connectivity index (χ0v) is 16.8. The third kappa shape index (κ3) is 4.34. The van der Waals surface area contributed by atoms with Gasteiger partial charge in [-0.05, 0) is 55.3 Å². The molecule has 7 heteroatoms. The number of halogens is 1. The Morgan fingerprint density at radius 3 is 2.25 bits per heavy atom. The van der Waals surface area contributed by atoms with Crippen LogP contribution in [0.4, 0.5) is 17.1 Å². The molecule has 3 amide bonds. The number of carbonyl (C=O) groups is 3. The number of amides is 3. The summed E-state index contributed by atoms with van der Waals surface area (Å²) in [5, 5.41) is 6.02. The van der Waals surface area contributed by atoms with E-state index in [4.69, 9.17) is 11.6 Å². The van der Waals surface area contributed by atoms with Crippen LogP contribution in [0.3, 0.4) is 0 Å². The number of aryl methyl sites for hydroxylation is 2. The second kappa shape index (κ2) is 8.02. The van der Waals surface area contributed by atoms with E-state index >= 15 is 0 Å².